The zero-order chi connectivity index (χ0) is 22.7. The Labute approximate surface area is 181 Å². The van der Waals surface area contributed by atoms with Crippen molar-refractivity contribution < 1.29 is 14.6 Å². The molecule has 2 unspecified atom stereocenters. The van der Waals surface area contributed by atoms with Crippen LogP contribution in [0.4, 0.5) is 17.1 Å². The van der Waals surface area contributed by atoms with Gasteiger partial charge in [0.1, 0.15) is 11.4 Å². The first-order chi connectivity index (χ1) is 14.8. The van der Waals surface area contributed by atoms with Gasteiger partial charge in [0.05, 0.1) is 29.5 Å². The Kier molecular flexibility index (Phi) is 7.00. The number of benzene rings is 1. The molecule has 8 nitrogen and oxygen atoms in total. The molecule has 0 aromatic heterocycles. The highest BCUT2D eigenvalue weighted by Gasteiger charge is 2.32. The van der Waals surface area contributed by atoms with Crippen molar-refractivity contribution in [2.24, 2.45) is 0 Å². The number of anilines is 3. The third kappa shape index (κ3) is 4.44. The molecule has 168 valence electrons. The third-order valence-electron chi connectivity index (χ3n) is 5.97. The molecule has 1 amide bonds. The highest BCUT2D eigenvalue weighted by Crippen LogP contribution is 2.33. The van der Waals surface area contributed by atoms with Crippen molar-refractivity contribution in [3.63, 3.8) is 0 Å². The first kappa shape index (κ1) is 22.8. The number of nitrogens with one attached hydrogen (secondary N) is 2. The van der Waals surface area contributed by atoms with Crippen LogP contribution in [0.5, 0.6) is 5.75 Å². The molecule has 2 aromatic carbocycles. The number of amides is 1. The van der Waals surface area contributed by atoms with Crippen molar-refractivity contribution in [2.75, 3.05) is 23.7 Å². The standard InChI is InChI=1S/C23H31N3O5/c1-5-15(17-12-11-13(4)31-17)24-18-19(22(29)21(18)28)25-16-10-8-9-14(20(16)27)23(30)26(6-2)7-3/h8-10,13,15,17,24-25,27H,5-7,11-12H2,1-4H3/t13?,15-,17?/m1/s1. The Morgan fingerprint density at radius 3 is 2.42 bits per heavy atom. The van der Waals surface area contributed by atoms with E-state index in [4.69, 9.17) is 4.74 Å². The lowest BCUT2D eigenvalue weighted by Gasteiger charge is -2.26. The van der Waals surface area contributed by atoms with Gasteiger partial charge < -0.3 is 25.4 Å². The summed E-state index contributed by atoms with van der Waals surface area (Å²) in [6, 6.07) is 4.63. The topological polar surface area (TPSA) is 108 Å². The van der Waals surface area contributed by atoms with Crippen LogP contribution in [0.15, 0.2) is 27.8 Å². The molecule has 31 heavy (non-hydrogen) atoms. The molecular formula is C23H31N3O5. The van der Waals surface area contributed by atoms with Crippen molar-refractivity contribution in [2.45, 2.75) is 65.2 Å². The fraction of sp³-hybridized carbons (Fsp3) is 0.522. The maximum Gasteiger partial charge on any atom is 0.257 e. The summed E-state index contributed by atoms with van der Waals surface area (Å²) in [6.07, 6.45) is 2.73. The van der Waals surface area contributed by atoms with Gasteiger partial charge in [-0.3, -0.25) is 14.4 Å². The number of ether oxygens (including phenoxy) is 1. The zero-order valence-electron chi connectivity index (χ0n) is 18.5. The van der Waals surface area contributed by atoms with Gasteiger partial charge in [0.15, 0.2) is 5.75 Å². The van der Waals surface area contributed by atoms with Crippen molar-refractivity contribution in [3.8, 4) is 5.75 Å². The van der Waals surface area contributed by atoms with Gasteiger partial charge in [-0.25, -0.2) is 0 Å². The molecule has 1 fully saturated rings. The van der Waals surface area contributed by atoms with Gasteiger partial charge in [0, 0.05) is 13.1 Å². The Morgan fingerprint density at radius 1 is 1.16 bits per heavy atom. The second-order valence-electron chi connectivity index (χ2n) is 7.93. The average molecular weight is 430 g/mol. The number of carbonyl (C=O) groups excluding carboxylic acids is 1. The van der Waals surface area contributed by atoms with E-state index in [9.17, 15) is 19.5 Å². The average Bonchev–Trinajstić information content (AvgIpc) is 3.20. The van der Waals surface area contributed by atoms with Crippen LogP contribution in [0.2, 0.25) is 0 Å². The molecule has 1 aliphatic heterocycles. The minimum absolute atomic E-state index is 0.0272. The number of carbonyl (C=O) groups is 1. The molecule has 1 aliphatic rings. The molecule has 3 rings (SSSR count). The quantitative estimate of drug-likeness (QED) is 0.415. The summed E-state index contributed by atoms with van der Waals surface area (Å²) >= 11 is 0. The molecule has 8 heteroatoms. The van der Waals surface area contributed by atoms with E-state index in [1.807, 2.05) is 27.7 Å². The molecule has 0 radical (unpaired) electrons. The largest absolute Gasteiger partial charge is 0.505 e. The highest BCUT2D eigenvalue weighted by atomic mass is 16.5. The maximum absolute atomic E-state index is 12.7. The lowest BCUT2D eigenvalue weighted by atomic mass is 10.0. The maximum atomic E-state index is 12.7. The summed E-state index contributed by atoms with van der Waals surface area (Å²) < 4.78 is 5.92. The van der Waals surface area contributed by atoms with Crippen LogP contribution in [0, 0.1) is 0 Å². The van der Waals surface area contributed by atoms with Gasteiger partial charge in [-0.2, -0.15) is 0 Å². The van der Waals surface area contributed by atoms with Crippen LogP contribution in [-0.2, 0) is 4.74 Å². The number of nitrogens with zero attached hydrogens (tertiary/aromatic N) is 1. The Hall–Kier alpha value is -2.87. The fourth-order valence-corrected chi connectivity index (χ4v) is 4.05. The predicted molar refractivity (Wildman–Crippen MR) is 121 cm³/mol. The van der Waals surface area contributed by atoms with Gasteiger partial charge in [-0.15, -0.1) is 0 Å². The number of para-hydroxylation sites is 1. The smallest absolute Gasteiger partial charge is 0.257 e. The van der Waals surface area contributed by atoms with Crippen molar-refractivity contribution in [1.29, 1.82) is 0 Å². The van der Waals surface area contributed by atoms with Crippen LogP contribution in [-0.4, -0.2) is 47.3 Å². The molecule has 3 atom stereocenters. The number of aromatic hydroxyl groups is 1. The van der Waals surface area contributed by atoms with Gasteiger partial charge in [0.2, 0.25) is 0 Å². The van der Waals surface area contributed by atoms with Gasteiger partial charge in [-0.1, -0.05) is 13.0 Å². The Bertz CT molecular complexity index is 1010. The Morgan fingerprint density at radius 2 is 1.84 bits per heavy atom. The highest BCUT2D eigenvalue weighted by molar-refractivity contribution is 5.99. The summed E-state index contributed by atoms with van der Waals surface area (Å²) in [7, 11) is 0. The second kappa shape index (κ2) is 9.51. The molecule has 1 saturated heterocycles. The van der Waals surface area contributed by atoms with E-state index in [1.165, 1.54) is 6.07 Å². The van der Waals surface area contributed by atoms with E-state index in [-0.39, 0.29) is 52.5 Å². The third-order valence-corrected chi connectivity index (χ3v) is 5.97. The normalized spacial score (nSPS) is 19.4. The molecule has 0 saturated carbocycles. The van der Waals surface area contributed by atoms with E-state index >= 15 is 0 Å². The molecule has 0 spiro atoms. The van der Waals surface area contributed by atoms with E-state index in [0.717, 1.165) is 19.3 Å². The lowest BCUT2D eigenvalue weighted by molar-refractivity contribution is 0.0438. The molecule has 0 bridgehead atoms. The van der Waals surface area contributed by atoms with Crippen molar-refractivity contribution >= 4 is 23.0 Å². The predicted octanol–water partition coefficient (Wildman–Crippen LogP) is 2.97. The summed E-state index contributed by atoms with van der Waals surface area (Å²) in [5.41, 5.74) is -0.620. The van der Waals surface area contributed by atoms with Gasteiger partial charge in [0.25, 0.3) is 16.8 Å². The van der Waals surface area contributed by atoms with E-state index in [0.29, 0.717) is 13.1 Å². The monoisotopic (exact) mass is 429 g/mol. The molecule has 1 heterocycles. The van der Waals surface area contributed by atoms with E-state index < -0.39 is 10.9 Å². The van der Waals surface area contributed by atoms with E-state index in [2.05, 4.69) is 10.6 Å². The number of phenols is 1. The number of hydrogen-bond acceptors (Lipinski definition) is 7. The Balaban J connectivity index is 1.84. The van der Waals surface area contributed by atoms with Gasteiger partial charge in [-0.05, 0) is 52.2 Å². The second-order valence-corrected chi connectivity index (χ2v) is 7.93. The van der Waals surface area contributed by atoms with Crippen LogP contribution in [0.25, 0.3) is 0 Å². The zero-order valence-corrected chi connectivity index (χ0v) is 18.5. The minimum Gasteiger partial charge on any atom is -0.505 e. The molecule has 3 N–H and O–H groups in total. The SMILES string of the molecule is CC[C@@H](Nc1c(Nc2cccc(C(=O)N(CC)CC)c2O)c(=O)c1=O)C1CCC(C)O1. The summed E-state index contributed by atoms with van der Waals surface area (Å²) in [5, 5.41) is 16.7. The lowest BCUT2D eigenvalue weighted by Crippen LogP contribution is -2.42. The van der Waals surface area contributed by atoms with Crippen LogP contribution < -0.4 is 21.5 Å². The number of hydrogen-bond donors (Lipinski definition) is 3. The first-order valence-electron chi connectivity index (χ1n) is 11.0. The summed E-state index contributed by atoms with van der Waals surface area (Å²) in [5.74, 6) is -0.550. The number of rotatable bonds is 9. The van der Waals surface area contributed by atoms with Gasteiger partial charge >= 0.3 is 0 Å². The molecular weight excluding hydrogens is 398 g/mol. The van der Waals surface area contributed by atoms with Crippen LogP contribution >= 0.6 is 0 Å². The first-order valence-corrected chi connectivity index (χ1v) is 11.0. The van der Waals surface area contributed by atoms with Crippen LogP contribution in [0.3, 0.4) is 0 Å². The summed E-state index contributed by atoms with van der Waals surface area (Å²) in [4.78, 5) is 38.8. The van der Waals surface area contributed by atoms with Crippen LogP contribution in [0.1, 0.15) is 57.3 Å². The molecule has 0 aliphatic carbocycles. The van der Waals surface area contributed by atoms with Crippen molar-refractivity contribution in [1.82, 2.24) is 4.90 Å². The fourth-order valence-electron chi connectivity index (χ4n) is 4.05. The summed E-state index contributed by atoms with van der Waals surface area (Å²) in [6.45, 7) is 8.77. The van der Waals surface area contributed by atoms with E-state index in [1.54, 1.807) is 17.0 Å². The number of phenolic OH excluding ortho intramolecular Hbond substituents is 1. The van der Waals surface area contributed by atoms with Crippen molar-refractivity contribution in [3.05, 3.63) is 44.2 Å². The minimum atomic E-state index is -0.655. The molecule has 2 aromatic rings.